The molecule has 20 heavy (non-hydrogen) atoms. The van der Waals surface area contributed by atoms with Gasteiger partial charge in [0.25, 0.3) is 0 Å². The van der Waals surface area contributed by atoms with Crippen LogP contribution in [0.4, 0.5) is 0 Å². The molecular weight excluding hydrogens is 244 g/mol. The molecule has 0 aliphatic rings. The van der Waals surface area contributed by atoms with Crippen LogP contribution in [0.3, 0.4) is 0 Å². The highest BCUT2D eigenvalue weighted by Crippen LogP contribution is 2.02. The van der Waals surface area contributed by atoms with Gasteiger partial charge >= 0.3 is 0 Å². The Kier molecular flexibility index (Phi) is 5.29. The van der Waals surface area contributed by atoms with Crippen molar-refractivity contribution in [2.45, 2.75) is 0 Å². The monoisotopic (exact) mass is 260 g/mol. The maximum atomic E-state index is 11.6. The number of benzene rings is 2. The summed E-state index contributed by atoms with van der Waals surface area (Å²) < 4.78 is 0. The van der Waals surface area contributed by atoms with Crippen LogP contribution in [0.1, 0.15) is 11.1 Å². The van der Waals surface area contributed by atoms with Crippen molar-refractivity contribution in [3.05, 3.63) is 96.1 Å². The number of hydrogen-bond donors (Lipinski definition) is 0. The van der Waals surface area contributed by atoms with Crippen LogP contribution >= 0.6 is 0 Å². The summed E-state index contributed by atoms with van der Waals surface area (Å²) in [5.41, 5.74) is 2.14. The van der Waals surface area contributed by atoms with Crippen molar-refractivity contribution in [1.82, 2.24) is 0 Å². The van der Waals surface area contributed by atoms with Gasteiger partial charge in [0.05, 0.1) is 0 Å². The van der Waals surface area contributed by atoms with Gasteiger partial charge in [-0.1, -0.05) is 85.0 Å². The quantitative estimate of drug-likeness (QED) is 0.570. The van der Waals surface area contributed by atoms with Crippen LogP contribution in [-0.4, -0.2) is 5.78 Å². The summed E-state index contributed by atoms with van der Waals surface area (Å²) in [5.74, 6) is -0.0217. The minimum Gasteiger partial charge on any atom is -0.290 e. The average molecular weight is 260 g/mol. The topological polar surface area (TPSA) is 17.1 Å². The number of carbonyl (C=O) groups excluding carboxylic acids is 1. The van der Waals surface area contributed by atoms with E-state index >= 15 is 0 Å². The molecule has 0 saturated heterocycles. The first kappa shape index (κ1) is 13.8. The molecule has 1 heteroatoms. The third kappa shape index (κ3) is 4.91. The number of hydrogen-bond acceptors (Lipinski definition) is 1. The normalized spacial score (nSPS) is 11.6. The van der Waals surface area contributed by atoms with Crippen molar-refractivity contribution in [3.8, 4) is 0 Å². The lowest BCUT2D eigenvalue weighted by molar-refractivity contribution is -0.110. The Bertz CT molecular complexity index is 619. The van der Waals surface area contributed by atoms with Crippen LogP contribution in [0.2, 0.25) is 0 Å². The first-order valence-corrected chi connectivity index (χ1v) is 6.51. The molecule has 0 aliphatic heterocycles. The highest BCUT2D eigenvalue weighted by atomic mass is 16.1. The number of rotatable bonds is 5. The molecular formula is C19H16O. The van der Waals surface area contributed by atoms with Gasteiger partial charge in [0.1, 0.15) is 0 Å². The second-order valence-electron chi connectivity index (χ2n) is 4.28. The highest BCUT2D eigenvalue weighted by molar-refractivity contribution is 6.02. The fourth-order valence-corrected chi connectivity index (χ4v) is 1.68. The molecule has 0 radical (unpaired) electrons. The molecule has 0 fully saturated rings. The van der Waals surface area contributed by atoms with E-state index in [2.05, 4.69) is 0 Å². The van der Waals surface area contributed by atoms with Crippen LogP contribution in [0, 0.1) is 0 Å². The van der Waals surface area contributed by atoms with E-state index in [0.29, 0.717) is 0 Å². The Morgan fingerprint density at radius 3 is 1.80 bits per heavy atom. The Labute approximate surface area is 119 Å². The number of allylic oxidation sites excluding steroid dienone is 4. The van der Waals surface area contributed by atoms with Crippen LogP contribution in [-0.2, 0) is 4.79 Å². The summed E-state index contributed by atoms with van der Waals surface area (Å²) in [6, 6.07) is 19.7. The van der Waals surface area contributed by atoms with Crippen molar-refractivity contribution in [2.24, 2.45) is 0 Å². The average Bonchev–Trinajstić information content (AvgIpc) is 2.52. The maximum Gasteiger partial charge on any atom is 0.178 e. The second kappa shape index (κ2) is 7.70. The second-order valence-corrected chi connectivity index (χ2v) is 4.28. The lowest BCUT2D eigenvalue weighted by Crippen LogP contribution is -1.83. The van der Waals surface area contributed by atoms with E-state index in [1.165, 1.54) is 0 Å². The molecule has 0 bridgehead atoms. The Balaban J connectivity index is 1.87. The zero-order valence-corrected chi connectivity index (χ0v) is 11.1. The van der Waals surface area contributed by atoms with Gasteiger partial charge in [-0.3, -0.25) is 4.79 Å². The van der Waals surface area contributed by atoms with Gasteiger partial charge in [-0.15, -0.1) is 0 Å². The fourth-order valence-electron chi connectivity index (χ4n) is 1.68. The maximum absolute atomic E-state index is 11.6. The van der Waals surface area contributed by atoms with E-state index in [1.807, 2.05) is 78.9 Å². The fraction of sp³-hybridized carbons (Fsp3) is 0. The van der Waals surface area contributed by atoms with E-state index in [0.717, 1.165) is 11.1 Å². The van der Waals surface area contributed by atoms with E-state index in [4.69, 9.17) is 0 Å². The minimum absolute atomic E-state index is 0.0217. The van der Waals surface area contributed by atoms with Gasteiger partial charge in [0.2, 0.25) is 0 Å². The van der Waals surface area contributed by atoms with Crippen molar-refractivity contribution in [1.29, 1.82) is 0 Å². The first-order chi connectivity index (χ1) is 9.84. The summed E-state index contributed by atoms with van der Waals surface area (Å²) >= 11 is 0. The molecule has 0 heterocycles. The molecule has 2 rings (SSSR count). The molecule has 0 unspecified atom stereocenters. The number of ketones is 1. The van der Waals surface area contributed by atoms with Gasteiger partial charge in [-0.25, -0.2) is 0 Å². The lowest BCUT2D eigenvalue weighted by Gasteiger charge is -1.89. The van der Waals surface area contributed by atoms with Crippen LogP contribution in [0.15, 0.2) is 85.0 Å². The first-order valence-electron chi connectivity index (χ1n) is 6.51. The van der Waals surface area contributed by atoms with Gasteiger partial charge in [-0.05, 0) is 23.3 Å². The van der Waals surface area contributed by atoms with Crippen molar-refractivity contribution >= 4 is 17.9 Å². The molecule has 0 aliphatic carbocycles. The molecule has 2 aromatic rings. The van der Waals surface area contributed by atoms with E-state index in [9.17, 15) is 4.79 Å². The third-order valence-electron chi connectivity index (χ3n) is 2.70. The van der Waals surface area contributed by atoms with Crippen LogP contribution in [0.25, 0.3) is 12.2 Å². The molecule has 0 N–H and O–H groups in total. The summed E-state index contributed by atoms with van der Waals surface area (Å²) in [4.78, 5) is 11.6. The summed E-state index contributed by atoms with van der Waals surface area (Å²) in [6.07, 6.45) is 10.5. The molecule has 0 spiro atoms. The summed E-state index contributed by atoms with van der Waals surface area (Å²) in [6.45, 7) is 0. The minimum atomic E-state index is -0.0217. The molecule has 0 saturated carbocycles. The Hall–Kier alpha value is -2.67. The highest BCUT2D eigenvalue weighted by Gasteiger charge is 1.88. The summed E-state index contributed by atoms with van der Waals surface area (Å²) in [5, 5.41) is 0. The zero-order valence-electron chi connectivity index (χ0n) is 11.1. The van der Waals surface area contributed by atoms with E-state index < -0.39 is 0 Å². The van der Waals surface area contributed by atoms with Gasteiger partial charge in [0, 0.05) is 0 Å². The molecule has 0 aromatic heterocycles. The standard InChI is InChI=1S/C19H16O/c20-19(16-15-18-11-5-2-6-12-18)14-8-7-13-17-9-3-1-4-10-17/h1-16H/b13-7+,14-8-,16-15+. The van der Waals surface area contributed by atoms with Gasteiger partial charge < -0.3 is 0 Å². The zero-order chi connectivity index (χ0) is 14.0. The smallest absolute Gasteiger partial charge is 0.178 e. The molecule has 0 amide bonds. The van der Waals surface area contributed by atoms with Crippen LogP contribution in [0.5, 0.6) is 0 Å². The Morgan fingerprint density at radius 2 is 1.20 bits per heavy atom. The third-order valence-corrected chi connectivity index (χ3v) is 2.70. The lowest BCUT2D eigenvalue weighted by atomic mass is 10.2. The molecule has 98 valence electrons. The number of carbonyl (C=O) groups is 1. The van der Waals surface area contributed by atoms with Gasteiger partial charge in [-0.2, -0.15) is 0 Å². The predicted molar refractivity (Wildman–Crippen MR) is 85.1 cm³/mol. The Morgan fingerprint density at radius 1 is 0.650 bits per heavy atom. The SMILES string of the molecule is O=C(/C=C\C=C\c1ccccc1)/C=C/c1ccccc1. The predicted octanol–water partition coefficient (Wildman–Crippen LogP) is 4.54. The largest absolute Gasteiger partial charge is 0.290 e. The van der Waals surface area contributed by atoms with Crippen LogP contribution < -0.4 is 0 Å². The summed E-state index contributed by atoms with van der Waals surface area (Å²) in [7, 11) is 0. The van der Waals surface area contributed by atoms with Crippen molar-refractivity contribution < 1.29 is 4.79 Å². The van der Waals surface area contributed by atoms with Gasteiger partial charge in [0.15, 0.2) is 5.78 Å². The van der Waals surface area contributed by atoms with Crippen molar-refractivity contribution in [3.63, 3.8) is 0 Å². The van der Waals surface area contributed by atoms with Crippen molar-refractivity contribution in [2.75, 3.05) is 0 Å². The van der Waals surface area contributed by atoms with E-state index in [-0.39, 0.29) is 5.78 Å². The van der Waals surface area contributed by atoms with E-state index in [1.54, 1.807) is 18.2 Å². The molecule has 2 aromatic carbocycles. The molecule has 0 atom stereocenters. The molecule has 1 nitrogen and oxygen atoms in total.